The van der Waals surface area contributed by atoms with Crippen LogP contribution in [-0.4, -0.2) is 19.7 Å². The first-order chi connectivity index (χ1) is 7.16. The summed E-state index contributed by atoms with van der Waals surface area (Å²) in [6.07, 6.45) is 1.55. The summed E-state index contributed by atoms with van der Waals surface area (Å²) >= 11 is 7.00. The largest absolute Gasteiger partial charge is 0.343 e. The van der Waals surface area contributed by atoms with Crippen molar-refractivity contribution in [3.63, 3.8) is 0 Å². The fourth-order valence-corrected chi connectivity index (χ4v) is 1.79. The molecule has 2 aromatic rings. The fraction of sp³-hybridized carbons (Fsp3) is 0.125. The van der Waals surface area contributed by atoms with E-state index in [-0.39, 0.29) is 5.69 Å². The first-order valence-corrected chi connectivity index (χ1v) is 5.27. The average Bonchev–Trinajstić information content (AvgIpc) is 2.53. The maximum absolute atomic E-state index is 11.1. The molecule has 0 bridgehead atoms. The van der Waals surface area contributed by atoms with Gasteiger partial charge in [0.15, 0.2) is 5.16 Å². The van der Waals surface area contributed by atoms with E-state index in [1.54, 1.807) is 25.4 Å². The second kappa shape index (κ2) is 4.08. The van der Waals surface area contributed by atoms with Crippen molar-refractivity contribution in [3.8, 4) is 0 Å². The van der Waals surface area contributed by atoms with Crippen molar-refractivity contribution < 1.29 is 0 Å². The van der Waals surface area contributed by atoms with Gasteiger partial charge in [0.25, 0.3) is 0 Å². The van der Waals surface area contributed by atoms with E-state index in [2.05, 4.69) is 15.2 Å². The van der Waals surface area contributed by atoms with Gasteiger partial charge in [0.1, 0.15) is 5.03 Å². The number of pyridine rings is 1. The molecule has 0 atom stereocenters. The molecule has 1 N–H and O–H groups in total. The lowest BCUT2D eigenvalue weighted by molar-refractivity contribution is 0.765. The Morgan fingerprint density at radius 1 is 1.53 bits per heavy atom. The summed E-state index contributed by atoms with van der Waals surface area (Å²) in [4.78, 5) is 15.2. The Balaban J connectivity index is 2.26. The third kappa shape index (κ3) is 2.21. The van der Waals surface area contributed by atoms with E-state index in [4.69, 9.17) is 11.6 Å². The molecule has 7 heteroatoms. The SMILES string of the molecule is Cn1c(Sc2ccc(Cl)cn2)n[nH]c1=O. The summed E-state index contributed by atoms with van der Waals surface area (Å²) in [7, 11) is 1.64. The zero-order valence-corrected chi connectivity index (χ0v) is 9.34. The topological polar surface area (TPSA) is 63.6 Å². The van der Waals surface area contributed by atoms with Crippen molar-refractivity contribution in [2.75, 3.05) is 0 Å². The van der Waals surface area contributed by atoms with Crippen LogP contribution in [0.2, 0.25) is 5.02 Å². The number of aromatic amines is 1. The summed E-state index contributed by atoms with van der Waals surface area (Å²) in [6.45, 7) is 0. The number of hydrogen-bond donors (Lipinski definition) is 1. The van der Waals surface area contributed by atoms with Crippen molar-refractivity contribution >= 4 is 23.4 Å². The second-order valence-electron chi connectivity index (χ2n) is 2.79. The lowest BCUT2D eigenvalue weighted by atomic mass is 10.5. The highest BCUT2D eigenvalue weighted by Gasteiger charge is 2.06. The first kappa shape index (κ1) is 10.3. The molecule has 0 aromatic carbocycles. The van der Waals surface area contributed by atoms with Crippen LogP contribution in [0.1, 0.15) is 0 Å². The average molecular weight is 243 g/mol. The molecule has 0 fully saturated rings. The Morgan fingerprint density at radius 3 is 2.87 bits per heavy atom. The Kier molecular flexibility index (Phi) is 2.79. The van der Waals surface area contributed by atoms with Crippen LogP contribution in [0.5, 0.6) is 0 Å². The van der Waals surface area contributed by atoms with Gasteiger partial charge in [-0.25, -0.2) is 14.9 Å². The molecule has 0 amide bonds. The van der Waals surface area contributed by atoms with E-state index >= 15 is 0 Å². The van der Waals surface area contributed by atoms with E-state index in [0.717, 1.165) is 5.03 Å². The van der Waals surface area contributed by atoms with Gasteiger partial charge < -0.3 is 0 Å². The molecule has 2 rings (SSSR count). The number of nitrogens with zero attached hydrogens (tertiary/aromatic N) is 3. The Bertz CT molecular complexity index is 518. The maximum Gasteiger partial charge on any atom is 0.343 e. The predicted octanol–water partition coefficient (Wildman–Crippen LogP) is 1.31. The van der Waals surface area contributed by atoms with Crippen molar-refractivity contribution in [1.29, 1.82) is 0 Å². The van der Waals surface area contributed by atoms with Gasteiger partial charge in [-0.3, -0.25) is 4.57 Å². The molecule has 5 nitrogen and oxygen atoms in total. The number of hydrogen-bond acceptors (Lipinski definition) is 4. The number of halogens is 1. The van der Waals surface area contributed by atoms with Gasteiger partial charge >= 0.3 is 5.69 Å². The van der Waals surface area contributed by atoms with E-state index < -0.39 is 0 Å². The third-order valence-electron chi connectivity index (χ3n) is 1.73. The molecule has 0 aliphatic carbocycles. The molecule has 2 heterocycles. The van der Waals surface area contributed by atoms with Crippen molar-refractivity contribution in [2.45, 2.75) is 10.2 Å². The van der Waals surface area contributed by atoms with Crippen LogP contribution in [0.4, 0.5) is 0 Å². The molecule has 0 unspecified atom stereocenters. The summed E-state index contributed by atoms with van der Waals surface area (Å²) in [5.41, 5.74) is -0.244. The highest BCUT2D eigenvalue weighted by molar-refractivity contribution is 7.99. The highest BCUT2D eigenvalue weighted by Crippen LogP contribution is 2.22. The van der Waals surface area contributed by atoms with Gasteiger partial charge in [-0.15, -0.1) is 5.10 Å². The van der Waals surface area contributed by atoms with Crippen LogP contribution >= 0.6 is 23.4 Å². The summed E-state index contributed by atoms with van der Waals surface area (Å²) in [5, 5.41) is 8.08. The zero-order chi connectivity index (χ0) is 10.8. The minimum absolute atomic E-state index is 0.244. The molecule has 0 saturated heterocycles. The van der Waals surface area contributed by atoms with Crippen molar-refractivity contribution in [1.82, 2.24) is 19.7 Å². The molecule has 15 heavy (non-hydrogen) atoms. The zero-order valence-electron chi connectivity index (χ0n) is 7.77. The molecule has 0 saturated carbocycles. The van der Waals surface area contributed by atoms with Crippen molar-refractivity contribution in [2.24, 2.45) is 7.05 Å². The van der Waals surface area contributed by atoms with E-state index in [1.807, 2.05) is 0 Å². The van der Waals surface area contributed by atoms with Gasteiger partial charge in [-0.05, 0) is 23.9 Å². The molecule has 78 valence electrons. The Hall–Kier alpha value is -1.27. The van der Waals surface area contributed by atoms with Gasteiger partial charge in [0.05, 0.1) is 5.02 Å². The van der Waals surface area contributed by atoms with Crippen LogP contribution in [0, 0.1) is 0 Å². The highest BCUT2D eigenvalue weighted by atomic mass is 35.5. The number of H-pyrrole nitrogens is 1. The smallest absolute Gasteiger partial charge is 0.273 e. The summed E-state index contributed by atoms with van der Waals surface area (Å²) in [6, 6.07) is 3.51. The van der Waals surface area contributed by atoms with Crippen LogP contribution in [-0.2, 0) is 7.05 Å². The van der Waals surface area contributed by atoms with Gasteiger partial charge in [-0.2, -0.15) is 0 Å². The minimum Gasteiger partial charge on any atom is -0.273 e. The quantitative estimate of drug-likeness (QED) is 0.863. The summed E-state index contributed by atoms with van der Waals surface area (Å²) < 4.78 is 1.42. The van der Waals surface area contributed by atoms with Crippen LogP contribution in [0.3, 0.4) is 0 Å². The van der Waals surface area contributed by atoms with E-state index in [9.17, 15) is 4.79 Å². The lowest BCUT2D eigenvalue weighted by Crippen LogP contribution is -2.12. The van der Waals surface area contributed by atoms with E-state index in [1.165, 1.54) is 16.3 Å². The second-order valence-corrected chi connectivity index (χ2v) is 4.21. The first-order valence-electron chi connectivity index (χ1n) is 4.07. The summed E-state index contributed by atoms with van der Waals surface area (Å²) in [5.74, 6) is 0. The molecule has 2 aromatic heterocycles. The monoisotopic (exact) mass is 242 g/mol. The van der Waals surface area contributed by atoms with Gasteiger partial charge in [0, 0.05) is 13.2 Å². The minimum atomic E-state index is -0.244. The standard InChI is InChI=1S/C8H7ClN4OS/c1-13-7(14)11-12-8(13)15-6-3-2-5(9)4-10-6/h2-4H,1H3,(H,11,14). The molecule has 0 spiro atoms. The fourth-order valence-electron chi connectivity index (χ4n) is 0.940. The predicted molar refractivity (Wildman–Crippen MR) is 57.2 cm³/mol. The van der Waals surface area contributed by atoms with Crippen molar-refractivity contribution in [3.05, 3.63) is 33.8 Å². The van der Waals surface area contributed by atoms with Gasteiger partial charge in [0.2, 0.25) is 0 Å². The van der Waals surface area contributed by atoms with Crippen LogP contribution in [0.15, 0.2) is 33.3 Å². The third-order valence-corrected chi connectivity index (χ3v) is 2.96. The Morgan fingerprint density at radius 2 is 2.33 bits per heavy atom. The molecule has 0 aliphatic heterocycles. The van der Waals surface area contributed by atoms with Crippen LogP contribution in [0.25, 0.3) is 0 Å². The molecule has 0 aliphatic rings. The lowest BCUT2D eigenvalue weighted by Gasteiger charge is -1.98. The van der Waals surface area contributed by atoms with Crippen LogP contribution < -0.4 is 5.69 Å². The molecular weight excluding hydrogens is 236 g/mol. The van der Waals surface area contributed by atoms with E-state index in [0.29, 0.717) is 10.2 Å². The normalized spacial score (nSPS) is 10.5. The maximum atomic E-state index is 11.1. The molecule has 0 radical (unpaired) electrons. The number of nitrogens with one attached hydrogen (secondary N) is 1. The number of aromatic nitrogens is 4. The Labute approximate surface area is 94.5 Å². The molecular formula is C8H7ClN4OS. The number of rotatable bonds is 2. The van der Waals surface area contributed by atoms with Gasteiger partial charge in [-0.1, -0.05) is 11.6 Å².